The third-order valence-electron chi connectivity index (χ3n) is 4.31. The average molecular weight is 294 g/mol. The van der Waals surface area contributed by atoms with Crippen LogP contribution in [0.2, 0.25) is 5.02 Å². The van der Waals surface area contributed by atoms with Gasteiger partial charge in [-0.2, -0.15) is 0 Å². The zero-order valence-corrected chi connectivity index (χ0v) is 13.0. The number of benzene rings is 1. The maximum Gasteiger partial charge on any atom is 0.222 e. The Labute approximate surface area is 127 Å². The van der Waals surface area contributed by atoms with E-state index in [1.807, 2.05) is 36.2 Å². The Bertz CT molecular complexity index is 421. The molecule has 0 aromatic heterocycles. The molecule has 1 aliphatic carbocycles. The molecule has 1 aromatic carbocycles. The summed E-state index contributed by atoms with van der Waals surface area (Å²) < 4.78 is 0. The largest absolute Gasteiger partial charge is 0.343 e. The van der Waals surface area contributed by atoms with Crippen molar-refractivity contribution < 1.29 is 4.79 Å². The zero-order chi connectivity index (χ0) is 14.4. The van der Waals surface area contributed by atoms with Crippen molar-refractivity contribution in [3.63, 3.8) is 0 Å². The average Bonchev–Trinajstić information content (AvgIpc) is 2.74. The molecule has 110 valence electrons. The third-order valence-corrected chi connectivity index (χ3v) is 4.56. The second-order valence-electron chi connectivity index (χ2n) is 5.78. The van der Waals surface area contributed by atoms with E-state index in [0.29, 0.717) is 12.5 Å². The Morgan fingerprint density at radius 2 is 1.75 bits per heavy atom. The van der Waals surface area contributed by atoms with Crippen molar-refractivity contribution in [2.45, 2.75) is 57.4 Å². The lowest BCUT2D eigenvalue weighted by atomic mass is 10.1. The van der Waals surface area contributed by atoms with Gasteiger partial charge in [0.1, 0.15) is 0 Å². The molecule has 0 saturated heterocycles. The monoisotopic (exact) mass is 293 g/mol. The molecule has 3 heteroatoms. The molecule has 2 rings (SSSR count). The smallest absolute Gasteiger partial charge is 0.222 e. The van der Waals surface area contributed by atoms with Gasteiger partial charge in [0.2, 0.25) is 5.91 Å². The Morgan fingerprint density at radius 3 is 2.35 bits per heavy atom. The minimum Gasteiger partial charge on any atom is -0.343 e. The van der Waals surface area contributed by atoms with Crippen LogP contribution in [0, 0.1) is 0 Å². The van der Waals surface area contributed by atoms with E-state index >= 15 is 0 Å². The normalized spacial score (nSPS) is 16.7. The predicted molar refractivity (Wildman–Crippen MR) is 84.0 cm³/mol. The van der Waals surface area contributed by atoms with Gasteiger partial charge in [-0.25, -0.2) is 0 Å². The molecule has 0 radical (unpaired) electrons. The first kappa shape index (κ1) is 15.4. The van der Waals surface area contributed by atoms with Crippen molar-refractivity contribution in [2.24, 2.45) is 0 Å². The molecule has 0 bridgehead atoms. The molecule has 1 fully saturated rings. The van der Waals surface area contributed by atoms with Crippen LogP contribution in [-0.2, 0) is 11.2 Å². The van der Waals surface area contributed by atoms with Crippen molar-refractivity contribution in [1.29, 1.82) is 0 Å². The van der Waals surface area contributed by atoms with Crippen LogP contribution in [-0.4, -0.2) is 23.9 Å². The number of halogens is 1. The van der Waals surface area contributed by atoms with Gasteiger partial charge >= 0.3 is 0 Å². The van der Waals surface area contributed by atoms with Crippen LogP contribution >= 0.6 is 11.6 Å². The van der Waals surface area contributed by atoms with E-state index in [1.165, 1.54) is 44.1 Å². The van der Waals surface area contributed by atoms with Gasteiger partial charge in [0.15, 0.2) is 0 Å². The summed E-state index contributed by atoms with van der Waals surface area (Å²) in [5.74, 6) is 0.270. The molecule has 0 spiro atoms. The maximum absolute atomic E-state index is 12.3. The van der Waals surface area contributed by atoms with Gasteiger partial charge in [-0.3, -0.25) is 4.79 Å². The summed E-state index contributed by atoms with van der Waals surface area (Å²) in [7, 11) is 1.97. The van der Waals surface area contributed by atoms with E-state index in [0.717, 1.165) is 11.4 Å². The molecule has 1 aliphatic rings. The first-order chi connectivity index (χ1) is 9.66. The topological polar surface area (TPSA) is 20.3 Å². The summed E-state index contributed by atoms with van der Waals surface area (Å²) in [4.78, 5) is 14.3. The van der Waals surface area contributed by atoms with E-state index in [9.17, 15) is 4.79 Å². The lowest BCUT2D eigenvalue weighted by molar-refractivity contribution is -0.132. The molecule has 1 aromatic rings. The Hall–Kier alpha value is -1.02. The van der Waals surface area contributed by atoms with Crippen molar-refractivity contribution in [3.05, 3.63) is 34.9 Å². The zero-order valence-electron chi connectivity index (χ0n) is 12.3. The Kier molecular flexibility index (Phi) is 5.90. The minimum absolute atomic E-state index is 0.270. The van der Waals surface area contributed by atoms with Gasteiger partial charge in [0, 0.05) is 24.5 Å². The lowest BCUT2D eigenvalue weighted by Crippen LogP contribution is -2.36. The lowest BCUT2D eigenvalue weighted by Gasteiger charge is -2.27. The van der Waals surface area contributed by atoms with Crippen molar-refractivity contribution in [3.8, 4) is 0 Å². The fourth-order valence-corrected chi connectivity index (χ4v) is 3.05. The van der Waals surface area contributed by atoms with Gasteiger partial charge < -0.3 is 4.90 Å². The summed E-state index contributed by atoms with van der Waals surface area (Å²) in [6.45, 7) is 0. The van der Waals surface area contributed by atoms with Crippen molar-refractivity contribution in [1.82, 2.24) is 4.90 Å². The molecule has 0 aliphatic heterocycles. The van der Waals surface area contributed by atoms with E-state index < -0.39 is 0 Å². The first-order valence-corrected chi connectivity index (χ1v) is 8.05. The Balaban J connectivity index is 1.82. The van der Waals surface area contributed by atoms with Crippen LogP contribution in [0.1, 0.15) is 50.5 Å². The number of amides is 1. The fourth-order valence-electron chi connectivity index (χ4n) is 2.93. The number of carbonyl (C=O) groups is 1. The molecular weight excluding hydrogens is 270 g/mol. The van der Waals surface area contributed by atoms with Gasteiger partial charge in [0.05, 0.1) is 0 Å². The predicted octanol–water partition coefficient (Wildman–Crippen LogP) is 4.45. The van der Waals surface area contributed by atoms with Gasteiger partial charge in [-0.05, 0) is 37.0 Å². The Morgan fingerprint density at radius 1 is 1.15 bits per heavy atom. The van der Waals surface area contributed by atoms with E-state index in [-0.39, 0.29) is 5.91 Å². The molecule has 0 heterocycles. The molecule has 0 unspecified atom stereocenters. The molecule has 0 N–H and O–H groups in total. The quantitative estimate of drug-likeness (QED) is 0.751. The maximum atomic E-state index is 12.3. The number of hydrogen-bond acceptors (Lipinski definition) is 1. The standard InChI is InChI=1S/C17H24ClNO/c1-19(16-6-4-2-3-5-7-16)17(20)13-10-14-8-11-15(18)12-9-14/h8-9,11-12,16H,2-7,10,13H2,1H3. The molecular formula is C17H24ClNO. The molecule has 20 heavy (non-hydrogen) atoms. The van der Waals surface area contributed by atoms with Crippen LogP contribution in [0.5, 0.6) is 0 Å². The SMILES string of the molecule is CN(C(=O)CCc1ccc(Cl)cc1)C1CCCCCC1. The van der Waals surface area contributed by atoms with E-state index in [2.05, 4.69) is 0 Å². The summed E-state index contributed by atoms with van der Waals surface area (Å²) >= 11 is 5.87. The van der Waals surface area contributed by atoms with Crippen LogP contribution in [0.15, 0.2) is 24.3 Å². The fraction of sp³-hybridized carbons (Fsp3) is 0.588. The van der Waals surface area contributed by atoms with Crippen molar-refractivity contribution in [2.75, 3.05) is 7.05 Å². The number of nitrogens with zero attached hydrogens (tertiary/aromatic N) is 1. The summed E-state index contributed by atoms with van der Waals surface area (Å²) in [6.07, 6.45) is 8.90. The van der Waals surface area contributed by atoms with Crippen LogP contribution in [0.4, 0.5) is 0 Å². The van der Waals surface area contributed by atoms with Gasteiger partial charge in [-0.15, -0.1) is 0 Å². The van der Waals surface area contributed by atoms with Crippen molar-refractivity contribution >= 4 is 17.5 Å². The van der Waals surface area contributed by atoms with Crippen LogP contribution < -0.4 is 0 Å². The molecule has 1 saturated carbocycles. The van der Waals surface area contributed by atoms with E-state index in [4.69, 9.17) is 11.6 Å². The summed E-state index contributed by atoms with van der Waals surface area (Å²) in [5, 5.41) is 0.746. The summed E-state index contributed by atoms with van der Waals surface area (Å²) in [6, 6.07) is 8.23. The van der Waals surface area contributed by atoms with E-state index in [1.54, 1.807) is 0 Å². The summed E-state index contributed by atoms with van der Waals surface area (Å²) in [5.41, 5.74) is 1.18. The second kappa shape index (κ2) is 7.68. The van der Waals surface area contributed by atoms with Crippen LogP contribution in [0.3, 0.4) is 0 Å². The molecule has 0 atom stereocenters. The number of rotatable bonds is 4. The highest BCUT2D eigenvalue weighted by Gasteiger charge is 2.20. The second-order valence-corrected chi connectivity index (χ2v) is 6.21. The third kappa shape index (κ3) is 4.52. The van der Waals surface area contributed by atoms with Gasteiger partial charge in [0.25, 0.3) is 0 Å². The van der Waals surface area contributed by atoms with Gasteiger partial charge in [-0.1, -0.05) is 49.4 Å². The highest BCUT2D eigenvalue weighted by atomic mass is 35.5. The molecule has 1 amide bonds. The minimum atomic E-state index is 0.270. The number of carbonyl (C=O) groups excluding carboxylic acids is 1. The first-order valence-electron chi connectivity index (χ1n) is 7.67. The van der Waals surface area contributed by atoms with Crippen LogP contribution in [0.25, 0.3) is 0 Å². The number of aryl methyl sites for hydroxylation is 1. The highest BCUT2D eigenvalue weighted by molar-refractivity contribution is 6.30. The number of hydrogen-bond donors (Lipinski definition) is 0. The molecule has 2 nitrogen and oxygen atoms in total. The highest BCUT2D eigenvalue weighted by Crippen LogP contribution is 2.21.